The number of hydrogen-bond donors (Lipinski definition) is 1. The quantitative estimate of drug-likeness (QED) is 0.239. The summed E-state index contributed by atoms with van der Waals surface area (Å²) in [6.45, 7) is 7.56. The summed E-state index contributed by atoms with van der Waals surface area (Å²) in [5, 5.41) is 4.05. The van der Waals surface area contributed by atoms with Crippen LogP contribution in [0.1, 0.15) is 36.5 Å². The molecule has 2 aromatic carbocycles. The summed E-state index contributed by atoms with van der Waals surface area (Å²) in [6, 6.07) is 14.9. The van der Waals surface area contributed by atoms with Crippen molar-refractivity contribution in [1.29, 1.82) is 0 Å². The molecule has 0 radical (unpaired) electrons. The minimum Gasteiger partial charge on any atom is -0.490 e. The molecule has 0 atom stereocenters. The molecule has 1 aromatic heterocycles. The van der Waals surface area contributed by atoms with Crippen LogP contribution in [-0.2, 0) is 17.8 Å². The van der Waals surface area contributed by atoms with E-state index in [2.05, 4.69) is 5.32 Å². The maximum atomic E-state index is 13.0. The van der Waals surface area contributed by atoms with Gasteiger partial charge in [0.1, 0.15) is 29.6 Å². The molecule has 1 N–H and O–H groups in total. The van der Waals surface area contributed by atoms with Gasteiger partial charge in [0.05, 0.1) is 13.2 Å². The lowest BCUT2D eigenvalue weighted by Gasteiger charge is -2.15. The van der Waals surface area contributed by atoms with Crippen molar-refractivity contribution < 1.29 is 23.4 Å². The fraction of sp³-hybridized carbons (Fsp3) is 0.286. The summed E-state index contributed by atoms with van der Waals surface area (Å²) in [7, 11) is 0. The van der Waals surface area contributed by atoms with Crippen LogP contribution in [0.3, 0.4) is 0 Å². The zero-order valence-corrected chi connectivity index (χ0v) is 22.6. The van der Waals surface area contributed by atoms with Crippen LogP contribution in [0.2, 0.25) is 5.02 Å². The van der Waals surface area contributed by atoms with Crippen LogP contribution < -0.4 is 19.5 Å². The Kier molecular flexibility index (Phi) is 8.74. The Labute approximate surface area is 226 Å². The summed E-state index contributed by atoms with van der Waals surface area (Å²) >= 11 is 11.5. The van der Waals surface area contributed by atoms with Crippen LogP contribution in [-0.4, -0.2) is 35.7 Å². The molecule has 9 heteroatoms. The van der Waals surface area contributed by atoms with Gasteiger partial charge in [0.25, 0.3) is 5.91 Å². The Bertz CT molecular complexity index is 1320. The van der Waals surface area contributed by atoms with E-state index in [4.69, 9.17) is 42.4 Å². The molecule has 1 fully saturated rings. The molecule has 0 bridgehead atoms. The zero-order chi connectivity index (χ0) is 26.4. The lowest BCUT2D eigenvalue weighted by atomic mass is 10.1. The van der Waals surface area contributed by atoms with E-state index in [1.54, 1.807) is 23.1 Å². The molecule has 0 aliphatic carbocycles. The molecule has 1 saturated heterocycles. The number of thiocarbonyl (C=S) groups is 1. The van der Waals surface area contributed by atoms with Gasteiger partial charge in [-0.1, -0.05) is 17.7 Å². The molecule has 7 nitrogen and oxygen atoms in total. The molecule has 0 unspecified atom stereocenters. The van der Waals surface area contributed by atoms with Gasteiger partial charge >= 0.3 is 0 Å². The number of hydrogen-bond acceptors (Lipinski definition) is 6. The number of ether oxygens (including phenoxy) is 3. The monoisotopic (exact) mass is 540 g/mol. The van der Waals surface area contributed by atoms with Gasteiger partial charge in [0, 0.05) is 17.6 Å². The number of furan rings is 1. The highest BCUT2D eigenvalue weighted by Crippen LogP contribution is 2.29. The Hall–Kier alpha value is -3.49. The van der Waals surface area contributed by atoms with Crippen LogP contribution in [0, 0.1) is 6.92 Å². The molecule has 1 aliphatic heterocycles. The predicted octanol–water partition coefficient (Wildman–Crippen LogP) is 5.92. The largest absolute Gasteiger partial charge is 0.490 e. The summed E-state index contributed by atoms with van der Waals surface area (Å²) in [6.07, 6.45) is 2.26. The number of nitrogens with one attached hydrogen (secondary N) is 1. The highest BCUT2D eigenvalue weighted by Gasteiger charge is 2.30. The molecule has 2 heterocycles. The van der Waals surface area contributed by atoms with Gasteiger partial charge in [-0.15, -0.1) is 0 Å². The summed E-state index contributed by atoms with van der Waals surface area (Å²) in [5.41, 5.74) is 2.32. The SMILES string of the molecule is CCOc1ccc(CCN2C(=O)/C(=C\c3ccc(COc4ccc(Cl)c(C)c4)o3)NC2=S)cc1OCC. The van der Waals surface area contributed by atoms with Gasteiger partial charge in [-0.25, -0.2) is 0 Å². The van der Waals surface area contributed by atoms with Crippen molar-refractivity contribution in [1.82, 2.24) is 10.2 Å². The van der Waals surface area contributed by atoms with E-state index in [1.165, 1.54) is 0 Å². The van der Waals surface area contributed by atoms with E-state index < -0.39 is 0 Å². The van der Waals surface area contributed by atoms with E-state index in [9.17, 15) is 4.79 Å². The molecule has 3 aromatic rings. The van der Waals surface area contributed by atoms with Crippen LogP contribution in [0.25, 0.3) is 6.08 Å². The fourth-order valence-electron chi connectivity index (χ4n) is 3.82. The first-order chi connectivity index (χ1) is 17.9. The maximum absolute atomic E-state index is 13.0. The Morgan fingerprint density at radius 3 is 2.57 bits per heavy atom. The highest BCUT2D eigenvalue weighted by atomic mass is 35.5. The number of benzene rings is 2. The van der Waals surface area contributed by atoms with Gasteiger partial charge in [0.2, 0.25) is 0 Å². The van der Waals surface area contributed by atoms with Crippen molar-refractivity contribution in [3.05, 3.63) is 81.9 Å². The first kappa shape index (κ1) is 26.6. The molecule has 4 rings (SSSR count). The van der Waals surface area contributed by atoms with Crippen LogP contribution in [0.15, 0.2) is 58.6 Å². The maximum Gasteiger partial charge on any atom is 0.276 e. The van der Waals surface area contributed by atoms with Gasteiger partial charge in [0.15, 0.2) is 16.6 Å². The lowest BCUT2D eigenvalue weighted by molar-refractivity contribution is -0.122. The molecule has 1 amide bonds. The second kappa shape index (κ2) is 12.2. The van der Waals surface area contributed by atoms with E-state index >= 15 is 0 Å². The van der Waals surface area contributed by atoms with E-state index in [1.807, 2.05) is 57.2 Å². The first-order valence-electron chi connectivity index (χ1n) is 12.1. The molecular weight excluding hydrogens is 512 g/mol. The number of carbonyl (C=O) groups is 1. The van der Waals surface area contributed by atoms with Crippen LogP contribution >= 0.6 is 23.8 Å². The normalized spacial score (nSPS) is 14.3. The molecule has 37 heavy (non-hydrogen) atoms. The number of nitrogens with zero attached hydrogens (tertiary/aromatic N) is 1. The second-order valence-corrected chi connectivity index (χ2v) is 9.14. The topological polar surface area (TPSA) is 73.2 Å². The van der Waals surface area contributed by atoms with Crippen molar-refractivity contribution in [3.8, 4) is 17.2 Å². The summed E-state index contributed by atoms with van der Waals surface area (Å²) in [4.78, 5) is 14.6. The number of rotatable bonds is 11. The molecule has 1 aliphatic rings. The number of carbonyl (C=O) groups excluding carboxylic acids is 1. The molecule has 0 spiro atoms. The Morgan fingerprint density at radius 2 is 1.81 bits per heavy atom. The minimum atomic E-state index is -0.202. The van der Waals surface area contributed by atoms with E-state index in [0.717, 1.165) is 11.1 Å². The number of halogens is 1. The van der Waals surface area contributed by atoms with Crippen molar-refractivity contribution in [2.45, 2.75) is 33.8 Å². The average Bonchev–Trinajstić information content (AvgIpc) is 3.43. The summed E-state index contributed by atoms with van der Waals surface area (Å²) < 4.78 is 22.9. The highest BCUT2D eigenvalue weighted by molar-refractivity contribution is 7.80. The van der Waals surface area contributed by atoms with Gasteiger partial charge in [-0.3, -0.25) is 9.69 Å². The van der Waals surface area contributed by atoms with Crippen molar-refractivity contribution in [2.75, 3.05) is 19.8 Å². The predicted molar refractivity (Wildman–Crippen MR) is 147 cm³/mol. The third-order valence-corrected chi connectivity index (χ3v) is 6.42. The van der Waals surface area contributed by atoms with E-state index in [-0.39, 0.29) is 12.5 Å². The van der Waals surface area contributed by atoms with Crippen molar-refractivity contribution in [3.63, 3.8) is 0 Å². The lowest BCUT2D eigenvalue weighted by Crippen LogP contribution is -2.32. The number of aryl methyl sites for hydroxylation is 1. The van der Waals surface area contributed by atoms with Crippen LogP contribution in [0.4, 0.5) is 0 Å². The Morgan fingerprint density at radius 1 is 1.03 bits per heavy atom. The smallest absolute Gasteiger partial charge is 0.276 e. The van der Waals surface area contributed by atoms with Crippen molar-refractivity contribution >= 4 is 40.9 Å². The first-order valence-corrected chi connectivity index (χ1v) is 12.9. The van der Waals surface area contributed by atoms with Crippen LogP contribution in [0.5, 0.6) is 17.2 Å². The van der Waals surface area contributed by atoms with E-state index in [0.29, 0.717) is 70.8 Å². The van der Waals surface area contributed by atoms with Gasteiger partial charge < -0.3 is 23.9 Å². The summed E-state index contributed by atoms with van der Waals surface area (Å²) in [5.74, 6) is 3.06. The molecule has 194 valence electrons. The third-order valence-electron chi connectivity index (χ3n) is 5.67. The molecular formula is C28H29ClN2O5S. The van der Waals surface area contributed by atoms with Gasteiger partial charge in [-0.05, 0) is 93.0 Å². The van der Waals surface area contributed by atoms with Gasteiger partial charge in [-0.2, -0.15) is 0 Å². The van der Waals surface area contributed by atoms with Crippen molar-refractivity contribution in [2.24, 2.45) is 0 Å². The minimum absolute atomic E-state index is 0.202. The standard InChI is InChI=1S/C28H29ClN2O5S/c1-4-33-25-11-6-19(15-26(25)34-5-2)12-13-31-27(32)24(30-28(31)37)16-21-7-8-22(36-21)17-35-20-9-10-23(29)18(3)14-20/h6-11,14-16H,4-5,12-13,17H2,1-3H3,(H,30,37)/b24-16+. The average molecular weight is 541 g/mol. The second-order valence-electron chi connectivity index (χ2n) is 8.35. The fourth-order valence-corrected chi connectivity index (χ4v) is 4.22. The Balaban J connectivity index is 1.36. The third kappa shape index (κ3) is 6.64. The zero-order valence-electron chi connectivity index (χ0n) is 21.0. The molecule has 0 saturated carbocycles. The number of amides is 1.